The number of piperidine rings is 2. The number of amides is 1. The zero-order chi connectivity index (χ0) is 33.6. The van der Waals surface area contributed by atoms with E-state index in [4.69, 9.17) is 10.5 Å². The van der Waals surface area contributed by atoms with Gasteiger partial charge in [-0.15, -0.1) is 0 Å². The molecule has 0 bridgehead atoms. The SMILES string of the molecule is C=C1C(=NC)C=C(N2CCc3c(CN4CC[C@@H](N5CCC6(CC5)CNC6)C(F)(F)C4)cccc32)NN1/C(=C\N)C(=O)N[C@@H]1CC[C@H]1OC. The van der Waals surface area contributed by atoms with Gasteiger partial charge in [0.05, 0.1) is 36.1 Å². The Hall–Kier alpha value is -3.52. The molecule has 5 aliphatic heterocycles. The number of rotatable bonds is 8. The number of methoxy groups -OCH3 is 1. The molecule has 5 heterocycles. The predicted molar refractivity (Wildman–Crippen MR) is 182 cm³/mol. The van der Waals surface area contributed by atoms with Gasteiger partial charge in [0.1, 0.15) is 11.5 Å². The number of benzene rings is 1. The van der Waals surface area contributed by atoms with Crippen LogP contribution >= 0.6 is 0 Å². The standard InChI is InChI=1S/C35H49F2N9O2/c1-23-27(39-2)17-32(42-46(23)29(18-38)33(47)41-26-7-8-30(26)48-3)45-14-9-25-24(5-4-6-28(25)45)19-43-13-10-31(35(36,37)22-43)44-15-11-34(12-16-44)20-40-21-34/h4-6,17-18,26,30-31,40,42H,1,7-16,19-22,38H2,2-3H3,(H,41,47)/b29-18-,39-27?/t26-,30-,31-/m1/s1. The summed E-state index contributed by atoms with van der Waals surface area (Å²) in [6.07, 6.45) is 8.16. The van der Waals surface area contributed by atoms with Crippen LogP contribution in [0.25, 0.3) is 0 Å². The van der Waals surface area contributed by atoms with E-state index < -0.39 is 12.0 Å². The van der Waals surface area contributed by atoms with Gasteiger partial charge < -0.3 is 26.0 Å². The van der Waals surface area contributed by atoms with Gasteiger partial charge >= 0.3 is 0 Å². The first-order valence-corrected chi connectivity index (χ1v) is 17.3. The molecule has 0 radical (unpaired) electrons. The largest absolute Gasteiger partial charge is 0.403 e. The van der Waals surface area contributed by atoms with Gasteiger partial charge in [0, 0.05) is 64.8 Å². The van der Waals surface area contributed by atoms with Crippen molar-refractivity contribution >= 4 is 17.3 Å². The first-order valence-electron chi connectivity index (χ1n) is 17.3. The van der Waals surface area contributed by atoms with Crippen molar-refractivity contribution in [2.45, 2.75) is 69.2 Å². The highest BCUT2D eigenvalue weighted by Crippen LogP contribution is 2.40. The summed E-state index contributed by atoms with van der Waals surface area (Å²) in [4.78, 5) is 23.9. The Bertz CT molecular complexity index is 1510. The number of nitrogens with zero attached hydrogens (tertiary/aromatic N) is 5. The number of nitrogens with two attached hydrogens (primary N) is 1. The van der Waals surface area contributed by atoms with Crippen molar-refractivity contribution in [1.82, 2.24) is 30.9 Å². The van der Waals surface area contributed by atoms with Gasteiger partial charge in [0.15, 0.2) is 0 Å². The number of ether oxygens (including phenoxy) is 1. The molecule has 1 amide bonds. The second-order valence-electron chi connectivity index (χ2n) is 14.2. The molecule has 7 rings (SSSR count). The fourth-order valence-corrected chi connectivity index (χ4v) is 8.36. The molecular weight excluding hydrogens is 616 g/mol. The normalized spacial score (nSPS) is 29.6. The lowest BCUT2D eigenvalue weighted by Crippen LogP contribution is -2.63. The maximum atomic E-state index is 15.7. The molecule has 5 N–H and O–H groups in total. The first kappa shape index (κ1) is 33.0. The number of alkyl halides is 2. The number of carbonyl (C=O) groups is 1. The highest BCUT2D eigenvalue weighted by atomic mass is 19.3. The summed E-state index contributed by atoms with van der Waals surface area (Å²) >= 11 is 0. The molecule has 1 aliphatic carbocycles. The zero-order valence-electron chi connectivity index (χ0n) is 28.1. The second-order valence-corrected chi connectivity index (χ2v) is 14.2. The minimum Gasteiger partial charge on any atom is -0.403 e. The smallest absolute Gasteiger partial charge is 0.275 e. The fraction of sp³-hybridized carbons (Fsp3) is 0.600. The molecule has 13 heteroatoms. The third-order valence-corrected chi connectivity index (χ3v) is 11.5. The molecule has 1 aromatic rings. The molecule has 11 nitrogen and oxygen atoms in total. The topological polar surface area (TPSA) is 114 Å². The van der Waals surface area contributed by atoms with Gasteiger partial charge in [0.25, 0.3) is 11.8 Å². The van der Waals surface area contributed by atoms with Crippen molar-refractivity contribution in [2.24, 2.45) is 16.1 Å². The summed E-state index contributed by atoms with van der Waals surface area (Å²) in [6, 6.07) is 5.35. The molecule has 3 atom stereocenters. The van der Waals surface area contributed by atoms with Crippen LogP contribution in [0.4, 0.5) is 14.5 Å². The van der Waals surface area contributed by atoms with Gasteiger partial charge in [-0.3, -0.25) is 25.0 Å². The number of hydrogen-bond donors (Lipinski definition) is 4. The van der Waals surface area contributed by atoms with Crippen LogP contribution < -0.4 is 26.7 Å². The van der Waals surface area contributed by atoms with E-state index >= 15 is 8.78 Å². The van der Waals surface area contributed by atoms with Crippen molar-refractivity contribution < 1.29 is 18.3 Å². The molecule has 0 aromatic heterocycles. The molecular formula is C35H49F2N9O2. The van der Waals surface area contributed by atoms with Crippen LogP contribution in [0.1, 0.15) is 43.2 Å². The van der Waals surface area contributed by atoms with Crippen LogP contribution in [0.3, 0.4) is 0 Å². The molecule has 3 saturated heterocycles. The van der Waals surface area contributed by atoms with Crippen molar-refractivity contribution in [3.63, 3.8) is 0 Å². The minimum atomic E-state index is -2.76. The maximum Gasteiger partial charge on any atom is 0.275 e. The number of aliphatic imine (C=N–C) groups is 1. The first-order chi connectivity index (χ1) is 23.1. The number of halogens is 2. The van der Waals surface area contributed by atoms with E-state index in [-0.39, 0.29) is 30.3 Å². The van der Waals surface area contributed by atoms with E-state index in [0.29, 0.717) is 42.9 Å². The van der Waals surface area contributed by atoms with E-state index in [1.54, 1.807) is 19.2 Å². The van der Waals surface area contributed by atoms with Crippen LogP contribution in [0.2, 0.25) is 0 Å². The molecule has 260 valence electrons. The van der Waals surface area contributed by atoms with Gasteiger partial charge in [0.2, 0.25) is 0 Å². The average Bonchev–Trinajstić information content (AvgIpc) is 3.49. The van der Waals surface area contributed by atoms with Crippen molar-refractivity contribution in [2.75, 3.05) is 64.9 Å². The van der Waals surface area contributed by atoms with Gasteiger partial charge in [-0.05, 0) is 74.2 Å². The Labute approximate surface area is 281 Å². The number of nitrogens with one attached hydrogen (secondary N) is 3. The number of anilines is 1. The highest BCUT2D eigenvalue weighted by Gasteiger charge is 2.50. The third-order valence-electron chi connectivity index (χ3n) is 11.5. The number of allylic oxidation sites excluding steroid dienone is 1. The van der Waals surface area contributed by atoms with E-state index in [2.05, 4.69) is 49.6 Å². The number of carbonyl (C=O) groups excluding carboxylic acids is 1. The summed E-state index contributed by atoms with van der Waals surface area (Å²) in [6.45, 7) is 9.37. The monoisotopic (exact) mass is 665 g/mol. The lowest BCUT2D eigenvalue weighted by molar-refractivity contribution is -0.139. The molecule has 1 spiro atoms. The summed E-state index contributed by atoms with van der Waals surface area (Å²) in [5.74, 6) is -2.37. The van der Waals surface area contributed by atoms with E-state index in [9.17, 15) is 4.79 Å². The Kier molecular flexibility index (Phi) is 8.99. The van der Waals surface area contributed by atoms with E-state index in [1.807, 2.05) is 17.0 Å². The summed E-state index contributed by atoms with van der Waals surface area (Å²) in [5, 5.41) is 7.97. The van der Waals surface area contributed by atoms with Crippen molar-refractivity contribution in [3.8, 4) is 0 Å². The number of likely N-dealkylation sites (tertiary alicyclic amines) is 2. The molecule has 0 unspecified atom stereocenters. The summed E-state index contributed by atoms with van der Waals surface area (Å²) < 4.78 is 36.9. The molecule has 48 heavy (non-hydrogen) atoms. The van der Waals surface area contributed by atoms with Crippen LogP contribution in [0.15, 0.2) is 59.3 Å². The van der Waals surface area contributed by atoms with E-state index in [1.165, 1.54) is 6.20 Å². The Balaban J connectivity index is 1.03. The highest BCUT2D eigenvalue weighted by molar-refractivity contribution is 6.10. The summed E-state index contributed by atoms with van der Waals surface area (Å²) in [5.41, 5.74) is 14.2. The third kappa shape index (κ3) is 5.99. The molecule has 1 aromatic carbocycles. The Morgan fingerprint density at radius 3 is 2.60 bits per heavy atom. The number of hydrogen-bond acceptors (Lipinski definition) is 10. The second kappa shape index (κ2) is 13.1. The average molecular weight is 666 g/mol. The molecule has 4 fully saturated rings. The zero-order valence-corrected chi connectivity index (χ0v) is 28.1. The van der Waals surface area contributed by atoms with E-state index in [0.717, 1.165) is 80.9 Å². The van der Waals surface area contributed by atoms with Crippen molar-refractivity contribution in [1.29, 1.82) is 0 Å². The Morgan fingerprint density at radius 1 is 1.19 bits per heavy atom. The molecule has 1 saturated carbocycles. The van der Waals surface area contributed by atoms with Crippen LogP contribution in [-0.4, -0.2) is 111 Å². The maximum absolute atomic E-state index is 15.7. The summed E-state index contributed by atoms with van der Waals surface area (Å²) in [7, 11) is 3.33. The lowest BCUT2D eigenvalue weighted by atomic mass is 9.73. The van der Waals surface area contributed by atoms with Crippen LogP contribution in [0.5, 0.6) is 0 Å². The van der Waals surface area contributed by atoms with Gasteiger partial charge in [-0.1, -0.05) is 18.7 Å². The van der Waals surface area contributed by atoms with Crippen LogP contribution in [-0.2, 0) is 22.5 Å². The fourth-order valence-electron chi connectivity index (χ4n) is 8.36. The Morgan fingerprint density at radius 2 is 1.98 bits per heavy atom. The van der Waals surface area contributed by atoms with Gasteiger partial charge in [-0.25, -0.2) is 13.8 Å². The lowest BCUT2D eigenvalue weighted by Gasteiger charge is -2.52. The minimum absolute atomic E-state index is 0.0197. The quantitative estimate of drug-likeness (QED) is 0.311. The molecule has 6 aliphatic rings. The van der Waals surface area contributed by atoms with Crippen molar-refractivity contribution in [3.05, 3.63) is 65.4 Å². The predicted octanol–water partition coefficient (Wildman–Crippen LogP) is 2.28. The van der Waals surface area contributed by atoms with Crippen LogP contribution in [0, 0.1) is 5.41 Å². The van der Waals surface area contributed by atoms with Gasteiger partial charge in [-0.2, -0.15) is 0 Å². The number of hydrazine groups is 1. The number of fused-ring (bicyclic) bond motifs is 1.